The molecule has 0 aromatic heterocycles. The molecule has 6 unspecified atom stereocenters. The minimum Gasteiger partial charge on any atom is -0.463 e. The Morgan fingerprint density at radius 1 is 1.06 bits per heavy atom. The van der Waals surface area contributed by atoms with E-state index in [1.54, 1.807) is 43.2 Å². The van der Waals surface area contributed by atoms with Crippen molar-refractivity contribution in [3.05, 3.63) is 11.8 Å². The van der Waals surface area contributed by atoms with E-state index in [1.165, 1.54) is 20.8 Å². The van der Waals surface area contributed by atoms with Crippen LogP contribution >= 0.6 is 31.5 Å². The molecule has 63 heavy (non-hydrogen) atoms. The Morgan fingerprint density at radius 3 is 2.19 bits per heavy atom. The molecule has 0 bridgehead atoms. The lowest BCUT2D eigenvalue weighted by Gasteiger charge is -2.45. The third-order valence-corrected chi connectivity index (χ3v) is 10.6. The zero-order chi connectivity index (χ0) is 48.7. The normalized spacial score (nSPS) is 22.7. The van der Waals surface area contributed by atoms with Crippen LogP contribution in [0, 0.1) is 11.3 Å². The number of carbonyl (C=O) groups is 6. The SMILES string of the molecule is C=O.CC(=O)OCC1OC(OCCCCC=O)CC(OC(C)=O)C1OC(C)=O.CC(C)N(C(C)C)P(O)OCCC#N.CNC(=O)/C(C)=C\N(C)C1CN(C)C[C@@](C)(COOI)O1. The molecule has 0 aromatic carbocycles. The number of nitriles is 1. The lowest BCUT2D eigenvalue weighted by atomic mass is 10.0. The molecule has 1 amide bonds. The number of ether oxygens (including phenoxy) is 6. The molecule has 0 aromatic rings. The van der Waals surface area contributed by atoms with Crippen molar-refractivity contribution >= 4 is 68.4 Å². The van der Waals surface area contributed by atoms with Gasteiger partial charge in [0.25, 0.3) is 8.53 Å². The summed E-state index contributed by atoms with van der Waals surface area (Å²) in [6, 6.07) is 2.46. The van der Waals surface area contributed by atoms with E-state index in [0.29, 0.717) is 51.1 Å². The summed E-state index contributed by atoms with van der Waals surface area (Å²) in [5.74, 6) is -1.73. The van der Waals surface area contributed by atoms with Gasteiger partial charge in [-0.05, 0) is 61.4 Å². The van der Waals surface area contributed by atoms with Gasteiger partial charge < -0.3 is 57.6 Å². The molecule has 364 valence electrons. The van der Waals surface area contributed by atoms with Gasteiger partial charge in [-0.25, -0.2) is 9.56 Å². The third kappa shape index (κ3) is 27.9. The summed E-state index contributed by atoms with van der Waals surface area (Å²) in [5.41, 5.74) is 0.164. The zero-order valence-corrected chi connectivity index (χ0v) is 41.9. The average molecular weight is 1040 g/mol. The van der Waals surface area contributed by atoms with E-state index in [4.69, 9.17) is 47.9 Å². The number of halogens is 1. The highest BCUT2D eigenvalue weighted by atomic mass is 127. The van der Waals surface area contributed by atoms with Gasteiger partial charge in [-0.1, -0.05) is 0 Å². The maximum absolute atomic E-state index is 11.6. The first-order valence-corrected chi connectivity index (χ1v) is 22.3. The third-order valence-electron chi connectivity index (χ3n) is 8.59. The molecule has 0 radical (unpaired) electrons. The molecular weight excluding hydrogens is 964 g/mol. The van der Waals surface area contributed by atoms with Crippen molar-refractivity contribution in [1.82, 2.24) is 19.8 Å². The van der Waals surface area contributed by atoms with Gasteiger partial charge in [0.1, 0.15) is 50.3 Å². The van der Waals surface area contributed by atoms with Gasteiger partial charge in [0.05, 0.1) is 19.1 Å². The van der Waals surface area contributed by atoms with Crippen LogP contribution in [0.3, 0.4) is 0 Å². The van der Waals surface area contributed by atoms with Gasteiger partial charge in [-0.3, -0.25) is 24.1 Å². The summed E-state index contributed by atoms with van der Waals surface area (Å²) in [4.78, 5) is 82.6. The molecule has 0 aliphatic carbocycles. The van der Waals surface area contributed by atoms with E-state index in [9.17, 15) is 28.9 Å². The van der Waals surface area contributed by atoms with Gasteiger partial charge in [0, 0.05) is 91.3 Å². The topological polar surface area (TPSA) is 251 Å². The maximum Gasteiger partial charge on any atom is 0.303 e. The summed E-state index contributed by atoms with van der Waals surface area (Å²) in [6.07, 6.45) is 1.52. The van der Waals surface area contributed by atoms with Crippen molar-refractivity contribution in [2.24, 2.45) is 0 Å². The molecule has 2 saturated heterocycles. The molecular formula is C40H71IN5O16P. The van der Waals surface area contributed by atoms with Gasteiger partial charge in [-0.15, -0.1) is 0 Å². The highest BCUT2D eigenvalue weighted by Gasteiger charge is 2.44. The van der Waals surface area contributed by atoms with E-state index in [0.717, 1.165) is 19.4 Å². The molecule has 21 nitrogen and oxygen atoms in total. The number of nitrogens with one attached hydrogen (secondary N) is 1. The fourth-order valence-corrected chi connectivity index (χ4v) is 7.47. The Kier molecular flexibility index (Phi) is 34.8. The van der Waals surface area contributed by atoms with Crippen LogP contribution < -0.4 is 5.32 Å². The Labute approximate surface area is 388 Å². The fourth-order valence-electron chi connectivity index (χ4n) is 6.17. The van der Waals surface area contributed by atoms with Gasteiger partial charge >= 0.3 is 17.9 Å². The standard InChI is InChI=1S/C17H26O9.C13H24IN3O4.C9H19N2O2P.CH2O/c1-11(19)23-10-15-17(25-13(3)21)14(24-12(2)20)9-16(26-15)22-8-6-4-5-7-18;1-10(12(18)15-3)6-17(5)11-7-16(4)8-13(2,20-11)9-19-21-14;1-8(2)11(9(3)4)14(12)13-7-5-6-10;1-2/h7,14-17H,4-6,8-10H2,1-3H3;6,11H,7-9H2,1-5H3,(H,15,18);8-9,12H,5,7H2,1-4H3;1H2/b;10-6-;;/t;11?,13-;;/m.0../s1. The minimum absolute atomic E-state index is 0.101. The lowest BCUT2D eigenvalue weighted by Crippen LogP contribution is -2.58. The van der Waals surface area contributed by atoms with Crippen molar-refractivity contribution in [1.29, 1.82) is 5.26 Å². The smallest absolute Gasteiger partial charge is 0.303 e. The summed E-state index contributed by atoms with van der Waals surface area (Å²) in [5, 5.41) is 10.9. The molecule has 0 spiro atoms. The second-order valence-corrected chi connectivity index (χ2v) is 16.6. The molecule has 2 fully saturated rings. The molecule has 2 aliphatic heterocycles. The highest BCUT2D eigenvalue weighted by Crippen LogP contribution is 2.40. The Hall–Kier alpha value is -2.95. The molecule has 0 saturated carbocycles. The fraction of sp³-hybridized carbons (Fsp3) is 0.775. The number of esters is 3. The van der Waals surface area contributed by atoms with Crippen molar-refractivity contribution in [2.75, 3.05) is 60.7 Å². The van der Waals surface area contributed by atoms with Crippen LogP contribution in [0.2, 0.25) is 0 Å². The van der Waals surface area contributed by atoms with Crippen molar-refractivity contribution in [3.8, 4) is 6.07 Å². The molecule has 2 aliphatic rings. The Bertz CT molecular complexity index is 1400. The summed E-state index contributed by atoms with van der Waals surface area (Å²) < 4.78 is 44.7. The van der Waals surface area contributed by atoms with E-state index in [2.05, 4.69) is 13.4 Å². The second kappa shape index (κ2) is 35.3. The van der Waals surface area contributed by atoms with Gasteiger partial charge in [0.2, 0.25) is 5.91 Å². The summed E-state index contributed by atoms with van der Waals surface area (Å²) >= 11 is 1.69. The van der Waals surface area contributed by atoms with Crippen molar-refractivity contribution in [2.45, 2.75) is 143 Å². The first-order chi connectivity index (χ1) is 29.6. The number of unbranched alkanes of at least 4 members (excludes halogenated alkanes) is 2. The number of rotatable bonds is 22. The predicted octanol–water partition coefficient (Wildman–Crippen LogP) is 3.90. The Morgan fingerprint density at radius 2 is 1.68 bits per heavy atom. The quantitative estimate of drug-likeness (QED) is 0.0180. The molecule has 23 heteroatoms. The number of amides is 1. The van der Waals surface area contributed by atoms with Gasteiger partial charge in [0.15, 0.2) is 35.4 Å². The maximum atomic E-state index is 11.6. The first kappa shape index (κ1) is 62.1. The largest absolute Gasteiger partial charge is 0.463 e. The van der Waals surface area contributed by atoms with Crippen molar-refractivity contribution in [3.63, 3.8) is 0 Å². The van der Waals surface area contributed by atoms with E-state index >= 15 is 0 Å². The van der Waals surface area contributed by atoms with Crippen molar-refractivity contribution < 1.29 is 74.7 Å². The number of likely N-dealkylation sites (N-methyl/N-ethyl adjacent to an activating group) is 3. The summed E-state index contributed by atoms with van der Waals surface area (Å²) in [7, 11) is 3.99. The van der Waals surface area contributed by atoms with Crippen LogP contribution in [0.25, 0.3) is 0 Å². The molecule has 2 heterocycles. The predicted molar refractivity (Wildman–Crippen MR) is 239 cm³/mol. The monoisotopic (exact) mass is 1040 g/mol. The van der Waals surface area contributed by atoms with Crippen LogP contribution in [-0.2, 0) is 69.8 Å². The van der Waals surface area contributed by atoms with Crippen LogP contribution in [0.4, 0.5) is 0 Å². The van der Waals surface area contributed by atoms with Crippen LogP contribution in [0.15, 0.2) is 11.8 Å². The Balaban J connectivity index is 0. The van der Waals surface area contributed by atoms with Crippen LogP contribution in [0.1, 0.15) is 94.4 Å². The number of carbonyl (C=O) groups excluding carboxylic acids is 6. The van der Waals surface area contributed by atoms with Gasteiger partial charge in [-0.2, -0.15) is 8.48 Å². The number of hydrogen-bond acceptors (Lipinski definition) is 20. The van der Waals surface area contributed by atoms with E-state index in [1.807, 2.05) is 71.1 Å². The number of nitrogens with zero attached hydrogens (tertiary/aromatic N) is 4. The molecule has 7 atom stereocenters. The first-order valence-electron chi connectivity index (χ1n) is 20.3. The molecule has 2 rings (SSSR count). The number of hydrogen-bond donors (Lipinski definition) is 2. The number of morpholine rings is 1. The van der Waals surface area contributed by atoms with E-state index < -0.39 is 56.6 Å². The number of aldehydes is 1. The van der Waals surface area contributed by atoms with Crippen LogP contribution in [0.5, 0.6) is 0 Å². The molecule has 2 N–H and O–H groups in total. The second-order valence-electron chi connectivity index (χ2n) is 15.1. The summed E-state index contributed by atoms with van der Waals surface area (Å²) in [6.45, 7) is 19.8. The minimum atomic E-state index is -1.55. The van der Waals surface area contributed by atoms with Crippen LogP contribution in [-0.4, -0.2) is 165 Å². The van der Waals surface area contributed by atoms with E-state index in [-0.39, 0.29) is 37.2 Å². The highest BCUT2D eigenvalue weighted by molar-refractivity contribution is 14.1. The zero-order valence-electron chi connectivity index (χ0n) is 38.9. The average Bonchev–Trinajstić information content (AvgIpc) is 3.20. The lowest BCUT2D eigenvalue weighted by molar-refractivity contribution is -0.266.